The highest BCUT2D eigenvalue weighted by Crippen LogP contribution is 2.28. The average Bonchev–Trinajstić information content (AvgIpc) is 3.62. The van der Waals surface area contributed by atoms with Crippen molar-refractivity contribution in [1.82, 2.24) is 30.1 Å². The molecule has 10 nitrogen and oxygen atoms in total. The monoisotopic (exact) mass is 532 g/mol. The van der Waals surface area contributed by atoms with Gasteiger partial charge >= 0.3 is 0 Å². The number of ether oxygens (including phenoxy) is 3. The first-order valence-corrected chi connectivity index (χ1v) is 13.4. The van der Waals surface area contributed by atoms with Crippen LogP contribution in [0.2, 0.25) is 0 Å². The molecule has 0 spiro atoms. The molecule has 2 aromatic heterocycles. The Balaban J connectivity index is 1.40. The molecule has 4 aromatic rings. The lowest BCUT2D eigenvalue weighted by atomic mass is 10.0. The molecule has 3 heterocycles. The van der Waals surface area contributed by atoms with Crippen molar-refractivity contribution < 1.29 is 14.2 Å². The van der Waals surface area contributed by atoms with Crippen LogP contribution in [0, 0.1) is 13.8 Å². The van der Waals surface area contributed by atoms with Crippen molar-refractivity contribution in [2.75, 3.05) is 27.4 Å². The molecule has 1 aliphatic rings. The number of pyridine rings is 1. The number of nitrogens with zero attached hydrogens (tertiary/aromatic N) is 5. The van der Waals surface area contributed by atoms with E-state index in [1.54, 1.807) is 14.2 Å². The normalized spacial score (nSPS) is 15.4. The van der Waals surface area contributed by atoms with Gasteiger partial charge in [0.25, 0.3) is 5.56 Å². The van der Waals surface area contributed by atoms with Gasteiger partial charge in [-0.3, -0.25) is 9.69 Å². The number of nitrogens with one attached hydrogen (secondary N) is 1. The standard InChI is InChI=1S/C29H36N6O4/c1-19-7-9-22-15-23(29(36)30-28(22)20(19)2)16-34(12-11-21-8-10-25(37-3)26(14-21)38-4)18-27-31-32-33-35(27)17-24-6-5-13-39-24/h7-10,14-15,24H,5-6,11-13,16-18H2,1-4H3,(H,30,36). The summed E-state index contributed by atoms with van der Waals surface area (Å²) in [6.45, 7) is 7.14. The van der Waals surface area contributed by atoms with E-state index in [-0.39, 0.29) is 11.7 Å². The lowest BCUT2D eigenvalue weighted by Gasteiger charge is -2.22. The van der Waals surface area contributed by atoms with Crippen LogP contribution < -0.4 is 15.0 Å². The van der Waals surface area contributed by atoms with Crippen LogP contribution in [0.3, 0.4) is 0 Å². The summed E-state index contributed by atoms with van der Waals surface area (Å²) in [5.41, 5.74) is 4.87. The highest BCUT2D eigenvalue weighted by atomic mass is 16.5. The summed E-state index contributed by atoms with van der Waals surface area (Å²) in [4.78, 5) is 18.5. The summed E-state index contributed by atoms with van der Waals surface area (Å²) in [7, 11) is 3.26. The molecule has 206 valence electrons. The number of aryl methyl sites for hydroxylation is 2. The number of benzene rings is 2. The van der Waals surface area contributed by atoms with Gasteiger partial charge in [-0.05, 0) is 83.8 Å². The molecule has 0 amide bonds. The minimum Gasteiger partial charge on any atom is -0.493 e. The Bertz CT molecular complexity index is 1490. The Morgan fingerprint density at radius 2 is 1.95 bits per heavy atom. The minimum atomic E-state index is -0.0775. The number of H-pyrrole nitrogens is 1. The Morgan fingerprint density at radius 1 is 1.10 bits per heavy atom. The molecule has 0 radical (unpaired) electrons. The second-order valence-electron chi connectivity index (χ2n) is 10.2. The van der Waals surface area contributed by atoms with Crippen LogP contribution in [0.25, 0.3) is 10.9 Å². The lowest BCUT2D eigenvalue weighted by molar-refractivity contribution is 0.0916. The molecule has 1 fully saturated rings. The average molecular weight is 533 g/mol. The summed E-state index contributed by atoms with van der Waals surface area (Å²) in [5, 5.41) is 13.5. The van der Waals surface area contributed by atoms with Gasteiger partial charge < -0.3 is 19.2 Å². The third kappa shape index (κ3) is 6.12. The molecule has 39 heavy (non-hydrogen) atoms. The molecule has 0 aliphatic carbocycles. The summed E-state index contributed by atoms with van der Waals surface area (Å²) in [6, 6.07) is 12.1. The van der Waals surface area contributed by atoms with E-state index in [0.717, 1.165) is 59.3 Å². The van der Waals surface area contributed by atoms with Gasteiger partial charge in [0.2, 0.25) is 0 Å². The van der Waals surface area contributed by atoms with Crippen LogP contribution in [-0.2, 0) is 30.8 Å². The SMILES string of the molecule is COc1ccc(CCN(Cc2cc3ccc(C)c(C)c3[nH]c2=O)Cc2nnnn2CC2CCCO2)cc1OC. The molecule has 2 aromatic carbocycles. The van der Waals surface area contributed by atoms with Gasteiger partial charge in [0.15, 0.2) is 17.3 Å². The topological polar surface area (TPSA) is 107 Å². The Labute approximate surface area is 227 Å². The summed E-state index contributed by atoms with van der Waals surface area (Å²) in [5.74, 6) is 2.14. The molecule has 0 saturated carbocycles. The number of aromatic nitrogens is 5. The summed E-state index contributed by atoms with van der Waals surface area (Å²) >= 11 is 0. The number of fused-ring (bicyclic) bond motifs is 1. The van der Waals surface area contributed by atoms with E-state index >= 15 is 0 Å². The largest absolute Gasteiger partial charge is 0.493 e. The van der Waals surface area contributed by atoms with Crippen LogP contribution in [0.5, 0.6) is 11.5 Å². The summed E-state index contributed by atoms with van der Waals surface area (Å²) in [6.07, 6.45) is 2.94. The second-order valence-corrected chi connectivity index (χ2v) is 10.2. The molecule has 0 bridgehead atoms. The fourth-order valence-electron chi connectivity index (χ4n) is 5.13. The first-order valence-electron chi connectivity index (χ1n) is 13.4. The van der Waals surface area contributed by atoms with Crippen LogP contribution in [0.4, 0.5) is 0 Å². The Morgan fingerprint density at radius 3 is 2.72 bits per heavy atom. The second kappa shape index (κ2) is 12.0. The molecule has 1 saturated heterocycles. The number of rotatable bonds is 11. The molecule has 1 atom stereocenters. The van der Waals surface area contributed by atoms with E-state index in [1.165, 1.54) is 0 Å². The fourth-order valence-corrected chi connectivity index (χ4v) is 5.13. The maximum absolute atomic E-state index is 13.2. The first-order chi connectivity index (χ1) is 18.9. The highest BCUT2D eigenvalue weighted by Gasteiger charge is 2.21. The Hall–Kier alpha value is -3.76. The van der Waals surface area contributed by atoms with E-state index in [0.29, 0.717) is 43.2 Å². The van der Waals surface area contributed by atoms with Gasteiger partial charge in [-0.25, -0.2) is 4.68 Å². The van der Waals surface area contributed by atoms with Crippen molar-refractivity contribution in [1.29, 1.82) is 0 Å². The van der Waals surface area contributed by atoms with E-state index in [9.17, 15) is 4.79 Å². The number of tetrazole rings is 1. The van der Waals surface area contributed by atoms with Crippen LogP contribution in [0.15, 0.2) is 41.2 Å². The zero-order valence-corrected chi connectivity index (χ0v) is 23.1. The van der Waals surface area contributed by atoms with Crippen LogP contribution >= 0.6 is 0 Å². The van der Waals surface area contributed by atoms with Gasteiger partial charge in [-0.15, -0.1) is 5.10 Å². The molecule has 10 heteroatoms. The molecular weight excluding hydrogens is 496 g/mol. The van der Waals surface area contributed by atoms with Crippen molar-refractivity contribution in [3.05, 3.63) is 74.8 Å². The van der Waals surface area contributed by atoms with Crippen molar-refractivity contribution in [3.8, 4) is 11.5 Å². The zero-order chi connectivity index (χ0) is 27.4. The maximum Gasteiger partial charge on any atom is 0.252 e. The highest BCUT2D eigenvalue weighted by molar-refractivity contribution is 5.83. The third-order valence-corrected chi connectivity index (χ3v) is 7.56. The lowest BCUT2D eigenvalue weighted by Crippen LogP contribution is -2.30. The number of hydrogen-bond acceptors (Lipinski definition) is 8. The van der Waals surface area contributed by atoms with Gasteiger partial charge in [0.1, 0.15) is 0 Å². The minimum absolute atomic E-state index is 0.0775. The van der Waals surface area contributed by atoms with Crippen molar-refractivity contribution in [3.63, 3.8) is 0 Å². The van der Waals surface area contributed by atoms with Crippen molar-refractivity contribution in [2.45, 2.75) is 58.8 Å². The zero-order valence-electron chi connectivity index (χ0n) is 23.1. The number of methoxy groups -OCH3 is 2. The van der Waals surface area contributed by atoms with E-state index in [4.69, 9.17) is 14.2 Å². The van der Waals surface area contributed by atoms with Gasteiger partial charge in [-0.1, -0.05) is 18.2 Å². The van der Waals surface area contributed by atoms with E-state index < -0.39 is 0 Å². The van der Waals surface area contributed by atoms with Gasteiger partial charge in [0.05, 0.1) is 38.9 Å². The molecule has 1 aliphatic heterocycles. The van der Waals surface area contributed by atoms with Crippen molar-refractivity contribution in [2.24, 2.45) is 0 Å². The van der Waals surface area contributed by atoms with E-state index in [2.05, 4.69) is 44.5 Å². The fraction of sp³-hybridized carbons (Fsp3) is 0.448. The molecule has 1 N–H and O–H groups in total. The predicted octanol–water partition coefficient (Wildman–Crippen LogP) is 3.57. The number of hydrogen-bond donors (Lipinski definition) is 1. The third-order valence-electron chi connectivity index (χ3n) is 7.56. The predicted molar refractivity (Wildman–Crippen MR) is 148 cm³/mol. The van der Waals surface area contributed by atoms with E-state index in [1.807, 2.05) is 35.9 Å². The Kier molecular flexibility index (Phi) is 8.23. The van der Waals surface area contributed by atoms with Gasteiger partial charge in [-0.2, -0.15) is 0 Å². The van der Waals surface area contributed by atoms with Crippen LogP contribution in [0.1, 0.15) is 40.9 Å². The first kappa shape index (κ1) is 26.8. The summed E-state index contributed by atoms with van der Waals surface area (Å²) < 4.78 is 18.5. The van der Waals surface area contributed by atoms with Crippen molar-refractivity contribution >= 4 is 10.9 Å². The van der Waals surface area contributed by atoms with Crippen LogP contribution in [-0.4, -0.2) is 63.6 Å². The maximum atomic E-state index is 13.2. The smallest absolute Gasteiger partial charge is 0.252 e. The number of aromatic amines is 1. The van der Waals surface area contributed by atoms with Gasteiger partial charge in [0, 0.05) is 25.3 Å². The molecule has 1 unspecified atom stereocenters. The quantitative estimate of drug-likeness (QED) is 0.312. The molecular formula is C29H36N6O4. The molecule has 5 rings (SSSR count).